The number of hydrogen-bond donors (Lipinski definition) is 0. The van der Waals surface area contributed by atoms with Crippen LogP contribution in [-0.2, 0) is 4.74 Å². The fraction of sp³-hybridized carbons (Fsp3) is 1.00. The first-order valence-electron chi connectivity index (χ1n) is 3.01. The van der Waals surface area contributed by atoms with Crippen LogP contribution in [0.3, 0.4) is 0 Å². The van der Waals surface area contributed by atoms with Gasteiger partial charge in [0.05, 0.1) is 0 Å². The Kier molecular flexibility index (Phi) is 2.46. The van der Waals surface area contributed by atoms with E-state index < -0.39 is 0 Å². The van der Waals surface area contributed by atoms with E-state index in [2.05, 4.69) is 0 Å². The van der Waals surface area contributed by atoms with Crippen molar-refractivity contribution in [3.63, 3.8) is 0 Å². The van der Waals surface area contributed by atoms with Gasteiger partial charge in [-0.25, -0.2) is 0 Å². The number of hydrogen-bond acceptors (Lipinski definition) is 1. The summed E-state index contributed by atoms with van der Waals surface area (Å²) in [4.78, 5) is 0. The Bertz CT molecular complexity index is 50.0. The summed E-state index contributed by atoms with van der Waals surface area (Å²) in [6.07, 6.45) is 4.07. The molecule has 1 rings (SSSR count). The molecule has 0 spiro atoms. The summed E-state index contributed by atoms with van der Waals surface area (Å²) in [5.74, 6) is 0. The molecule has 0 aromatic carbocycles. The van der Waals surface area contributed by atoms with Crippen LogP contribution in [0.25, 0.3) is 0 Å². The third-order valence-corrected chi connectivity index (χ3v) is 4.01. The molecule has 42 valence electrons. The molecular formula is C5H12OSn. The van der Waals surface area contributed by atoms with Crippen LogP contribution in [0.5, 0.6) is 0 Å². The second kappa shape index (κ2) is 2.92. The van der Waals surface area contributed by atoms with Gasteiger partial charge in [0.2, 0.25) is 0 Å². The summed E-state index contributed by atoms with van der Waals surface area (Å²) in [7, 11) is 0. The Morgan fingerprint density at radius 3 is 2.57 bits per heavy atom. The molecular weight excluding hydrogens is 195 g/mol. The summed E-state index contributed by atoms with van der Waals surface area (Å²) in [6.45, 7) is 1.04. The summed E-state index contributed by atoms with van der Waals surface area (Å²) < 4.78 is 6.12. The normalized spacial score (nSPS) is 33.4. The van der Waals surface area contributed by atoms with Crippen LogP contribution in [0, 0.1) is 0 Å². The SMILES string of the molecule is [SnH3][CH]1CCCCO1. The first-order valence-corrected chi connectivity index (χ1v) is 6.31. The fourth-order valence-corrected chi connectivity index (χ4v) is 2.74. The van der Waals surface area contributed by atoms with Gasteiger partial charge < -0.3 is 0 Å². The molecule has 1 aliphatic heterocycles. The van der Waals surface area contributed by atoms with E-state index >= 15 is 0 Å². The second-order valence-corrected chi connectivity index (χ2v) is 5.85. The van der Waals surface area contributed by atoms with Crippen LogP contribution in [0.2, 0.25) is 0 Å². The average Bonchev–Trinajstić information content (AvgIpc) is 1.69. The van der Waals surface area contributed by atoms with Crippen molar-refractivity contribution >= 4 is 22.5 Å². The zero-order valence-corrected chi connectivity index (χ0v) is 10.5. The zero-order chi connectivity index (χ0) is 5.11. The van der Waals surface area contributed by atoms with Crippen molar-refractivity contribution in [2.24, 2.45) is 0 Å². The van der Waals surface area contributed by atoms with Gasteiger partial charge in [-0.3, -0.25) is 0 Å². The van der Waals surface area contributed by atoms with Crippen LogP contribution >= 0.6 is 0 Å². The van der Waals surface area contributed by atoms with Crippen molar-refractivity contribution in [2.45, 2.75) is 23.4 Å². The molecule has 1 atom stereocenters. The Balaban J connectivity index is 2.12. The molecule has 1 heterocycles. The Hall–Kier alpha value is 0.759. The molecule has 7 heavy (non-hydrogen) atoms. The molecule has 0 bridgehead atoms. The molecule has 0 aromatic heterocycles. The van der Waals surface area contributed by atoms with Crippen molar-refractivity contribution < 1.29 is 4.74 Å². The summed E-state index contributed by atoms with van der Waals surface area (Å²) >= 11 is 0.763. The van der Waals surface area contributed by atoms with Gasteiger partial charge in [-0.15, -0.1) is 0 Å². The molecule has 1 fully saturated rings. The molecule has 0 aliphatic carbocycles. The van der Waals surface area contributed by atoms with E-state index in [-0.39, 0.29) is 0 Å². The van der Waals surface area contributed by atoms with E-state index in [9.17, 15) is 0 Å². The third-order valence-electron chi connectivity index (χ3n) is 1.41. The van der Waals surface area contributed by atoms with Crippen molar-refractivity contribution in [1.29, 1.82) is 0 Å². The number of rotatable bonds is 0. The van der Waals surface area contributed by atoms with E-state index in [1.54, 1.807) is 0 Å². The number of ether oxygens (including phenoxy) is 1. The topological polar surface area (TPSA) is 9.23 Å². The van der Waals surface area contributed by atoms with E-state index in [1.807, 2.05) is 0 Å². The van der Waals surface area contributed by atoms with Crippen LogP contribution in [0.1, 0.15) is 19.3 Å². The van der Waals surface area contributed by atoms with Gasteiger partial charge in [0.1, 0.15) is 0 Å². The van der Waals surface area contributed by atoms with E-state index in [0.717, 1.165) is 33.3 Å². The molecule has 2 heteroatoms. The van der Waals surface area contributed by atoms with Gasteiger partial charge in [0.25, 0.3) is 0 Å². The van der Waals surface area contributed by atoms with E-state index in [1.165, 1.54) is 19.3 Å². The summed E-state index contributed by atoms with van der Waals surface area (Å²) in [5.41, 5.74) is 0. The molecule has 0 N–H and O–H groups in total. The van der Waals surface area contributed by atoms with Crippen molar-refractivity contribution in [2.75, 3.05) is 6.61 Å². The summed E-state index contributed by atoms with van der Waals surface area (Å²) in [5, 5.41) is 0. The van der Waals surface area contributed by atoms with Gasteiger partial charge in [-0.05, 0) is 0 Å². The molecule has 1 aliphatic rings. The first kappa shape index (κ1) is 5.89. The molecule has 0 radical (unpaired) electrons. The van der Waals surface area contributed by atoms with Gasteiger partial charge in [-0.1, -0.05) is 0 Å². The minimum absolute atomic E-state index is 0.746. The second-order valence-electron chi connectivity index (χ2n) is 2.18. The Morgan fingerprint density at radius 2 is 2.29 bits per heavy atom. The van der Waals surface area contributed by atoms with Crippen LogP contribution in [-0.4, -0.2) is 33.3 Å². The van der Waals surface area contributed by atoms with Gasteiger partial charge >= 0.3 is 57.3 Å². The zero-order valence-electron chi connectivity index (χ0n) is 4.81. The van der Waals surface area contributed by atoms with Crippen molar-refractivity contribution in [1.82, 2.24) is 0 Å². The molecule has 1 nitrogen and oxygen atoms in total. The van der Waals surface area contributed by atoms with Crippen LogP contribution < -0.4 is 0 Å². The third kappa shape index (κ3) is 2.00. The van der Waals surface area contributed by atoms with Crippen molar-refractivity contribution in [3.8, 4) is 0 Å². The molecule has 0 amide bonds. The predicted molar refractivity (Wildman–Crippen MR) is 33.5 cm³/mol. The van der Waals surface area contributed by atoms with Gasteiger partial charge in [0.15, 0.2) is 0 Å². The van der Waals surface area contributed by atoms with E-state index in [4.69, 9.17) is 4.74 Å². The maximum absolute atomic E-state index is 5.37. The van der Waals surface area contributed by atoms with Crippen molar-refractivity contribution in [3.05, 3.63) is 0 Å². The maximum atomic E-state index is 5.37. The fourth-order valence-electron chi connectivity index (χ4n) is 0.902. The Labute approximate surface area is 57.5 Å². The molecule has 0 aromatic rings. The van der Waals surface area contributed by atoms with Crippen LogP contribution in [0.15, 0.2) is 0 Å². The minimum atomic E-state index is 0.746. The van der Waals surface area contributed by atoms with E-state index in [0.29, 0.717) is 0 Å². The molecule has 0 saturated carbocycles. The monoisotopic (exact) mass is 208 g/mol. The van der Waals surface area contributed by atoms with Gasteiger partial charge in [0, 0.05) is 0 Å². The molecule has 1 unspecified atom stereocenters. The standard InChI is InChI=1S/C5H9O.Sn.3H/c1-2-4-6-5-3-1;;;;/h4H,1-3,5H2;;;;. The predicted octanol–water partition coefficient (Wildman–Crippen LogP) is -0.122. The van der Waals surface area contributed by atoms with Crippen LogP contribution in [0.4, 0.5) is 0 Å². The quantitative estimate of drug-likeness (QED) is 0.503. The van der Waals surface area contributed by atoms with Gasteiger partial charge in [-0.2, -0.15) is 0 Å². The molecule has 1 saturated heterocycles. The summed E-state index contributed by atoms with van der Waals surface area (Å²) in [6, 6.07) is 0. The first-order chi connectivity index (χ1) is 3.39. The average molecular weight is 207 g/mol. The Morgan fingerprint density at radius 1 is 1.43 bits per heavy atom.